The first-order valence-corrected chi connectivity index (χ1v) is 10.2. The van der Waals surface area contributed by atoms with Crippen molar-refractivity contribution in [3.05, 3.63) is 0 Å². The first-order valence-electron chi connectivity index (χ1n) is 10.2. The molecule has 10 heteroatoms. The molecule has 1 fully saturated rings. The number of ether oxygens (including phenoxy) is 2. The maximum absolute atomic E-state index is 9.43. The molecule has 1 aromatic rings. The fourth-order valence-electron chi connectivity index (χ4n) is 2.94. The summed E-state index contributed by atoms with van der Waals surface area (Å²) in [4.78, 5) is 13.4. The molecule has 1 saturated carbocycles. The molecule has 0 aliphatic heterocycles. The zero-order valence-electron chi connectivity index (χ0n) is 16.8. The summed E-state index contributed by atoms with van der Waals surface area (Å²) in [5.74, 6) is 1.49. The van der Waals surface area contributed by atoms with Crippen LogP contribution in [0, 0.1) is 0 Å². The van der Waals surface area contributed by atoms with Crippen molar-refractivity contribution in [2.24, 2.45) is 5.73 Å². The van der Waals surface area contributed by atoms with Gasteiger partial charge < -0.3 is 36.3 Å². The van der Waals surface area contributed by atoms with Gasteiger partial charge in [-0.3, -0.25) is 0 Å². The van der Waals surface area contributed by atoms with Crippen molar-refractivity contribution >= 4 is 17.8 Å². The van der Waals surface area contributed by atoms with Crippen LogP contribution in [0.25, 0.3) is 0 Å². The lowest BCUT2D eigenvalue weighted by Gasteiger charge is -2.17. The van der Waals surface area contributed by atoms with Crippen molar-refractivity contribution in [2.45, 2.75) is 51.1 Å². The van der Waals surface area contributed by atoms with Crippen LogP contribution in [0.1, 0.15) is 39.0 Å². The average Bonchev–Trinajstić information content (AvgIpc) is 3.21. The van der Waals surface area contributed by atoms with E-state index in [9.17, 15) is 5.11 Å². The number of hydrogen-bond donors (Lipinski definition) is 5. The molecular formula is C18H35N7O3. The summed E-state index contributed by atoms with van der Waals surface area (Å²) in [7, 11) is 0. The van der Waals surface area contributed by atoms with Crippen LogP contribution >= 0.6 is 0 Å². The number of aliphatic hydroxyl groups excluding tert-OH is 1. The van der Waals surface area contributed by atoms with Gasteiger partial charge in [-0.05, 0) is 19.3 Å². The molecule has 0 bridgehead atoms. The normalized spacial score (nSPS) is 15.5. The van der Waals surface area contributed by atoms with E-state index < -0.39 is 0 Å². The highest BCUT2D eigenvalue weighted by Gasteiger charge is 2.17. The highest BCUT2D eigenvalue weighted by Crippen LogP contribution is 2.21. The minimum Gasteiger partial charge on any atom is -0.394 e. The predicted octanol–water partition coefficient (Wildman–Crippen LogP) is 0.813. The average molecular weight is 398 g/mol. The first kappa shape index (κ1) is 22.5. The summed E-state index contributed by atoms with van der Waals surface area (Å²) < 4.78 is 10.8. The van der Waals surface area contributed by atoms with E-state index in [-0.39, 0.29) is 12.6 Å². The third-order valence-corrected chi connectivity index (χ3v) is 4.53. The van der Waals surface area contributed by atoms with E-state index in [1.165, 1.54) is 12.8 Å². The number of rotatable bonds is 15. The Balaban J connectivity index is 1.87. The monoisotopic (exact) mass is 397 g/mol. The smallest absolute Gasteiger partial charge is 0.229 e. The molecule has 0 amide bonds. The van der Waals surface area contributed by atoms with Gasteiger partial charge in [-0.1, -0.05) is 19.8 Å². The molecule has 0 radical (unpaired) electrons. The van der Waals surface area contributed by atoms with Crippen LogP contribution in [0.3, 0.4) is 0 Å². The summed E-state index contributed by atoms with van der Waals surface area (Å²) in [5.41, 5.74) is 5.36. The van der Waals surface area contributed by atoms with Crippen molar-refractivity contribution in [1.29, 1.82) is 0 Å². The van der Waals surface area contributed by atoms with Crippen LogP contribution in [0.15, 0.2) is 0 Å². The molecule has 10 nitrogen and oxygen atoms in total. The van der Waals surface area contributed by atoms with Crippen LogP contribution in [-0.2, 0) is 9.47 Å². The second-order valence-corrected chi connectivity index (χ2v) is 6.80. The topological polar surface area (TPSA) is 139 Å². The number of hydrogen-bond acceptors (Lipinski definition) is 10. The maximum atomic E-state index is 9.43. The molecule has 2 rings (SSSR count). The van der Waals surface area contributed by atoms with Crippen LogP contribution in [0.4, 0.5) is 17.8 Å². The highest BCUT2D eigenvalue weighted by atomic mass is 16.5. The van der Waals surface area contributed by atoms with E-state index in [1.807, 2.05) is 6.92 Å². The van der Waals surface area contributed by atoms with Gasteiger partial charge in [-0.15, -0.1) is 0 Å². The molecule has 28 heavy (non-hydrogen) atoms. The van der Waals surface area contributed by atoms with Crippen LogP contribution < -0.4 is 21.7 Å². The van der Waals surface area contributed by atoms with E-state index in [1.54, 1.807) is 0 Å². The molecular weight excluding hydrogens is 362 g/mol. The summed E-state index contributed by atoms with van der Waals surface area (Å²) >= 11 is 0. The van der Waals surface area contributed by atoms with Crippen LogP contribution in [0.2, 0.25) is 0 Å². The Labute approximate surface area is 167 Å². The third-order valence-electron chi connectivity index (χ3n) is 4.53. The Hall–Kier alpha value is -1.75. The van der Waals surface area contributed by atoms with E-state index in [4.69, 9.17) is 15.2 Å². The lowest BCUT2D eigenvalue weighted by atomic mass is 10.2. The standard InChI is InChI=1S/C18H35N7O3/c1-2-14(13-26)21-17-23-16(20-8-10-28-12-11-27-9-7-19)24-18(25-17)22-15-5-3-4-6-15/h14-15,26H,2-13,19H2,1H3,(H3,20,21,22,23,24,25)/t14-/m1/s1. The number of aromatic nitrogens is 3. The molecule has 1 aliphatic carbocycles. The van der Waals surface area contributed by atoms with Gasteiger partial charge in [-0.25, -0.2) is 0 Å². The SMILES string of the molecule is CC[C@H](CO)Nc1nc(NCCOCCOCCN)nc(NC2CCCC2)n1. The molecule has 1 aromatic heterocycles. The molecule has 0 spiro atoms. The van der Waals surface area contributed by atoms with E-state index >= 15 is 0 Å². The van der Waals surface area contributed by atoms with Crippen molar-refractivity contribution in [3.63, 3.8) is 0 Å². The van der Waals surface area contributed by atoms with Gasteiger partial charge in [0.15, 0.2) is 0 Å². The van der Waals surface area contributed by atoms with Crippen molar-refractivity contribution in [2.75, 3.05) is 62.1 Å². The Bertz CT molecular complexity index is 518. The zero-order chi connectivity index (χ0) is 20.0. The summed E-state index contributed by atoms with van der Waals surface area (Å²) in [6.45, 7) is 5.23. The maximum Gasteiger partial charge on any atom is 0.229 e. The fourth-order valence-corrected chi connectivity index (χ4v) is 2.94. The van der Waals surface area contributed by atoms with E-state index in [0.717, 1.165) is 19.3 Å². The third kappa shape index (κ3) is 8.51. The number of anilines is 3. The van der Waals surface area contributed by atoms with Gasteiger partial charge in [-0.2, -0.15) is 15.0 Å². The minimum atomic E-state index is -0.0913. The Morgan fingerprint density at radius 2 is 1.71 bits per heavy atom. The predicted molar refractivity (Wildman–Crippen MR) is 110 cm³/mol. The highest BCUT2D eigenvalue weighted by molar-refractivity contribution is 5.43. The zero-order valence-corrected chi connectivity index (χ0v) is 16.8. The molecule has 1 heterocycles. The largest absolute Gasteiger partial charge is 0.394 e. The quantitative estimate of drug-likeness (QED) is 0.270. The van der Waals surface area contributed by atoms with Gasteiger partial charge in [0.2, 0.25) is 17.8 Å². The lowest BCUT2D eigenvalue weighted by Crippen LogP contribution is -2.25. The van der Waals surface area contributed by atoms with Gasteiger partial charge in [0.1, 0.15) is 0 Å². The second kappa shape index (κ2) is 13.4. The van der Waals surface area contributed by atoms with Crippen LogP contribution in [-0.4, -0.2) is 78.3 Å². The van der Waals surface area contributed by atoms with Gasteiger partial charge >= 0.3 is 0 Å². The Morgan fingerprint density at radius 1 is 1.04 bits per heavy atom. The van der Waals surface area contributed by atoms with Crippen molar-refractivity contribution in [1.82, 2.24) is 15.0 Å². The van der Waals surface area contributed by atoms with Crippen molar-refractivity contribution < 1.29 is 14.6 Å². The molecule has 6 N–H and O–H groups in total. The molecule has 160 valence electrons. The molecule has 1 aliphatic rings. The Morgan fingerprint density at radius 3 is 2.39 bits per heavy atom. The molecule has 1 atom stereocenters. The van der Waals surface area contributed by atoms with E-state index in [0.29, 0.717) is 63.4 Å². The summed E-state index contributed by atoms with van der Waals surface area (Å²) in [6.07, 6.45) is 5.49. The van der Waals surface area contributed by atoms with Gasteiger partial charge in [0.25, 0.3) is 0 Å². The number of nitrogens with one attached hydrogen (secondary N) is 3. The molecule has 0 unspecified atom stereocenters. The van der Waals surface area contributed by atoms with Gasteiger partial charge in [0, 0.05) is 19.1 Å². The Kier molecular flexibility index (Phi) is 10.8. The first-order chi connectivity index (χ1) is 13.7. The van der Waals surface area contributed by atoms with E-state index in [2.05, 4.69) is 30.9 Å². The van der Waals surface area contributed by atoms with Crippen LogP contribution in [0.5, 0.6) is 0 Å². The second-order valence-electron chi connectivity index (χ2n) is 6.80. The summed E-state index contributed by atoms with van der Waals surface area (Å²) in [5, 5.41) is 19.2. The molecule has 0 saturated heterocycles. The fraction of sp³-hybridized carbons (Fsp3) is 0.833. The van der Waals surface area contributed by atoms with Crippen molar-refractivity contribution in [3.8, 4) is 0 Å². The molecule has 0 aromatic carbocycles. The lowest BCUT2D eigenvalue weighted by molar-refractivity contribution is 0.0547. The number of nitrogens with two attached hydrogens (primary N) is 1. The number of aliphatic hydroxyl groups is 1. The summed E-state index contributed by atoms with van der Waals surface area (Å²) in [6, 6.07) is 0.311. The number of nitrogens with zero attached hydrogens (tertiary/aromatic N) is 3. The minimum absolute atomic E-state index is 0.0242. The van der Waals surface area contributed by atoms with Gasteiger partial charge in [0.05, 0.1) is 39.1 Å².